The number of aryl methyl sites for hydroxylation is 2. The van der Waals surface area contributed by atoms with Gasteiger partial charge >= 0.3 is 0 Å². The lowest BCUT2D eigenvalue weighted by Gasteiger charge is -2.09. The summed E-state index contributed by atoms with van der Waals surface area (Å²) in [6, 6.07) is 11.7. The summed E-state index contributed by atoms with van der Waals surface area (Å²) in [6.07, 6.45) is 2.52. The zero-order chi connectivity index (χ0) is 16.9. The molecule has 0 spiro atoms. The molecule has 124 valence electrons. The van der Waals surface area contributed by atoms with E-state index in [1.165, 1.54) is 0 Å². The maximum Gasteiger partial charge on any atom is 0.264 e. The summed E-state index contributed by atoms with van der Waals surface area (Å²) in [5, 5.41) is 10.9. The second-order valence-electron chi connectivity index (χ2n) is 5.58. The van der Waals surface area contributed by atoms with E-state index in [1.807, 2.05) is 56.4 Å². The number of aromatic nitrogens is 3. The molecule has 3 aromatic rings. The highest BCUT2D eigenvalue weighted by Crippen LogP contribution is 2.18. The quantitative estimate of drug-likeness (QED) is 0.756. The van der Waals surface area contributed by atoms with Gasteiger partial charge in [0.25, 0.3) is 5.89 Å². The van der Waals surface area contributed by atoms with Crippen molar-refractivity contribution in [2.75, 3.05) is 0 Å². The Balaban J connectivity index is 1.65. The predicted molar refractivity (Wildman–Crippen MR) is 90.1 cm³/mol. The van der Waals surface area contributed by atoms with E-state index in [0.717, 1.165) is 16.8 Å². The van der Waals surface area contributed by atoms with Crippen LogP contribution in [-0.4, -0.2) is 20.7 Å². The lowest BCUT2D eigenvalue weighted by Crippen LogP contribution is -2.27. The fourth-order valence-electron chi connectivity index (χ4n) is 2.46. The molecular formula is C18H20N4O2. The summed E-state index contributed by atoms with van der Waals surface area (Å²) in [6.45, 7) is 4.71. The number of benzene rings is 1. The van der Waals surface area contributed by atoms with Gasteiger partial charge in [0.05, 0.1) is 0 Å². The zero-order valence-electron chi connectivity index (χ0n) is 13.8. The van der Waals surface area contributed by atoms with Gasteiger partial charge in [0, 0.05) is 19.2 Å². The molecule has 2 aromatic heterocycles. The normalized spacial score (nSPS) is 10.8. The van der Waals surface area contributed by atoms with E-state index in [1.54, 1.807) is 4.57 Å². The van der Waals surface area contributed by atoms with Gasteiger partial charge in [-0.3, -0.25) is 4.79 Å². The van der Waals surface area contributed by atoms with Crippen LogP contribution in [0.4, 0.5) is 0 Å². The second-order valence-corrected chi connectivity index (χ2v) is 5.58. The van der Waals surface area contributed by atoms with E-state index in [2.05, 4.69) is 15.5 Å². The molecule has 1 N–H and O–H groups in total. The first-order chi connectivity index (χ1) is 11.7. The molecule has 6 heteroatoms. The highest BCUT2D eigenvalue weighted by molar-refractivity contribution is 5.76. The van der Waals surface area contributed by atoms with Crippen LogP contribution in [0.15, 0.2) is 47.0 Å². The highest BCUT2D eigenvalue weighted by Gasteiger charge is 2.13. The average molecular weight is 324 g/mol. The first-order valence-electron chi connectivity index (χ1n) is 7.96. The Kier molecular flexibility index (Phi) is 4.74. The predicted octanol–water partition coefficient (Wildman–Crippen LogP) is 2.73. The maximum absolute atomic E-state index is 12.2. The fourth-order valence-corrected chi connectivity index (χ4v) is 2.46. The first-order valence-corrected chi connectivity index (χ1v) is 7.96. The van der Waals surface area contributed by atoms with Crippen LogP contribution in [-0.2, 0) is 24.3 Å². The summed E-state index contributed by atoms with van der Waals surface area (Å²) < 4.78 is 7.38. The summed E-state index contributed by atoms with van der Waals surface area (Å²) in [5.74, 6) is 0.955. The third-order valence-corrected chi connectivity index (χ3v) is 3.87. The van der Waals surface area contributed by atoms with E-state index >= 15 is 0 Å². The second kappa shape index (κ2) is 7.12. The highest BCUT2D eigenvalue weighted by atomic mass is 16.4. The Morgan fingerprint density at radius 3 is 2.79 bits per heavy atom. The molecule has 0 aliphatic rings. The van der Waals surface area contributed by atoms with Crippen LogP contribution in [0.3, 0.4) is 0 Å². The van der Waals surface area contributed by atoms with Crippen LogP contribution >= 0.6 is 0 Å². The van der Waals surface area contributed by atoms with Crippen molar-refractivity contribution in [1.82, 2.24) is 20.1 Å². The first kappa shape index (κ1) is 16.0. The van der Waals surface area contributed by atoms with E-state index in [0.29, 0.717) is 24.7 Å². The van der Waals surface area contributed by atoms with Crippen LogP contribution < -0.4 is 5.32 Å². The number of carbonyl (C=O) groups is 1. The number of rotatable bonds is 6. The van der Waals surface area contributed by atoms with Gasteiger partial charge in [0.1, 0.15) is 12.2 Å². The average Bonchev–Trinajstić information content (AvgIpc) is 3.22. The Bertz CT molecular complexity index is 835. The third-order valence-electron chi connectivity index (χ3n) is 3.87. The van der Waals surface area contributed by atoms with Crippen molar-refractivity contribution in [3.8, 4) is 11.6 Å². The third kappa shape index (κ3) is 3.53. The molecule has 0 unspecified atom stereocenters. The molecular weight excluding hydrogens is 304 g/mol. The van der Waals surface area contributed by atoms with Crippen LogP contribution in [0.25, 0.3) is 11.6 Å². The van der Waals surface area contributed by atoms with E-state index in [-0.39, 0.29) is 12.5 Å². The van der Waals surface area contributed by atoms with E-state index in [9.17, 15) is 4.79 Å². The molecule has 0 bridgehead atoms. The van der Waals surface area contributed by atoms with Crippen LogP contribution in [0.2, 0.25) is 0 Å². The maximum atomic E-state index is 12.2. The van der Waals surface area contributed by atoms with Crippen molar-refractivity contribution in [1.29, 1.82) is 0 Å². The Labute approximate surface area is 140 Å². The molecule has 0 saturated heterocycles. The van der Waals surface area contributed by atoms with Crippen molar-refractivity contribution < 1.29 is 9.21 Å². The minimum Gasteiger partial charge on any atom is -0.419 e. The summed E-state index contributed by atoms with van der Waals surface area (Å²) in [5.41, 5.74) is 3.02. The minimum absolute atomic E-state index is 0.0640. The number of hydrogen-bond acceptors (Lipinski definition) is 4. The van der Waals surface area contributed by atoms with Crippen LogP contribution in [0, 0.1) is 6.92 Å². The summed E-state index contributed by atoms with van der Waals surface area (Å²) >= 11 is 0. The number of nitrogens with zero attached hydrogens (tertiary/aromatic N) is 3. The van der Waals surface area contributed by atoms with E-state index < -0.39 is 0 Å². The molecule has 0 fully saturated rings. The van der Waals surface area contributed by atoms with Crippen LogP contribution in [0.1, 0.15) is 23.9 Å². The minimum atomic E-state index is -0.0640. The van der Waals surface area contributed by atoms with Gasteiger partial charge in [-0.15, -0.1) is 10.2 Å². The molecule has 0 radical (unpaired) electrons. The number of carbonyl (C=O) groups excluding carboxylic acids is 1. The molecule has 0 aliphatic carbocycles. The topological polar surface area (TPSA) is 73.0 Å². The molecule has 1 aromatic carbocycles. The zero-order valence-corrected chi connectivity index (χ0v) is 13.8. The molecule has 6 nitrogen and oxygen atoms in total. The van der Waals surface area contributed by atoms with Crippen molar-refractivity contribution in [2.45, 2.75) is 33.4 Å². The Morgan fingerprint density at radius 2 is 2.04 bits per heavy atom. The van der Waals surface area contributed by atoms with Crippen molar-refractivity contribution >= 4 is 5.91 Å². The molecule has 24 heavy (non-hydrogen) atoms. The van der Waals surface area contributed by atoms with Gasteiger partial charge in [-0.1, -0.05) is 31.2 Å². The lowest BCUT2D eigenvalue weighted by atomic mass is 10.1. The summed E-state index contributed by atoms with van der Waals surface area (Å²) in [7, 11) is 0. The van der Waals surface area contributed by atoms with Gasteiger partial charge in [-0.05, 0) is 30.2 Å². The molecule has 0 saturated carbocycles. The molecule has 2 heterocycles. The van der Waals surface area contributed by atoms with Crippen molar-refractivity contribution in [2.24, 2.45) is 0 Å². The van der Waals surface area contributed by atoms with Crippen LogP contribution in [0.5, 0.6) is 0 Å². The molecule has 0 atom stereocenters. The number of nitrogens with one attached hydrogen (secondary N) is 1. The fraction of sp³-hybridized carbons (Fsp3) is 0.278. The summed E-state index contributed by atoms with van der Waals surface area (Å²) in [4.78, 5) is 12.2. The van der Waals surface area contributed by atoms with E-state index in [4.69, 9.17) is 4.42 Å². The number of amides is 1. The van der Waals surface area contributed by atoms with Gasteiger partial charge in [-0.25, -0.2) is 0 Å². The number of hydrogen-bond donors (Lipinski definition) is 1. The van der Waals surface area contributed by atoms with Gasteiger partial charge in [0.15, 0.2) is 0 Å². The van der Waals surface area contributed by atoms with Gasteiger partial charge < -0.3 is 14.3 Å². The van der Waals surface area contributed by atoms with Crippen molar-refractivity contribution in [3.63, 3.8) is 0 Å². The Morgan fingerprint density at radius 1 is 1.21 bits per heavy atom. The monoisotopic (exact) mass is 324 g/mol. The van der Waals surface area contributed by atoms with Gasteiger partial charge in [0.2, 0.25) is 11.8 Å². The standard InChI is InChI=1S/C18H20N4O2/c1-3-17-20-21-18(24-17)15-9-6-10-22(15)12-16(23)19-11-14-8-5-4-7-13(14)2/h4-10H,3,11-12H2,1-2H3,(H,19,23). The molecule has 0 aliphatic heterocycles. The van der Waals surface area contributed by atoms with Crippen molar-refractivity contribution in [3.05, 3.63) is 59.6 Å². The lowest BCUT2D eigenvalue weighted by molar-refractivity contribution is -0.121. The Hall–Kier alpha value is -2.89. The SMILES string of the molecule is CCc1nnc(-c2cccn2CC(=O)NCc2ccccc2C)o1. The molecule has 1 amide bonds. The van der Waals surface area contributed by atoms with Gasteiger partial charge in [-0.2, -0.15) is 0 Å². The smallest absolute Gasteiger partial charge is 0.264 e. The molecule has 3 rings (SSSR count). The largest absolute Gasteiger partial charge is 0.419 e.